The Morgan fingerprint density at radius 2 is 1.93 bits per heavy atom. The smallest absolute Gasteiger partial charge is 0.191 e. The van der Waals surface area contributed by atoms with Crippen molar-refractivity contribution in [2.75, 3.05) is 18.1 Å². The molecule has 1 saturated heterocycles. The van der Waals surface area contributed by atoms with Gasteiger partial charge in [0.1, 0.15) is 11.6 Å². The van der Waals surface area contributed by atoms with Crippen LogP contribution in [0.5, 0.6) is 0 Å². The lowest BCUT2D eigenvalue weighted by atomic mass is 9.96. The molecule has 3 rings (SSSR count). The second kappa shape index (κ2) is 8.99. The summed E-state index contributed by atoms with van der Waals surface area (Å²) >= 11 is 0. The quantitative estimate of drug-likeness (QED) is 0.590. The normalized spacial score (nSPS) is 23.3. The minimum Gasteiger partial charge on any atom is -0.356 e. The maximum atomic E-state index is 13.9. The summed E-state index contributed by atoms with van der Waals surface area (Å²) < 4.78 is 50.5. The van der Waals surface area contributed by atoms with Crippen LogP contribution in [0.15, 0.2) is 23.2 Å². The highest BCUT2D eigenvalue weighted by atomic mass is 32.2. The minimum absolute atomic E-state index is 0.0224. The third kappa shape index (κ3) is 6.16. The highest BCUT2D eigenvalue weighted by Crippen LogP contribution is 2.19. The number of hydrogen-bond donors (Lipinski definition) is 2. The van der Waals surface area contributed by atoms with Crippen molar-refractivity contribution in [3.63, 3.8) is 0 Å². The van der Waals surface area contributed by atoms with Gasteiger partial charge in [-0.25, -0.2) is 22.2 Å². The highest BCUT2D eigenvalue weighted by molar-refractivity contribution is 7.91. The number of hydrogen-bond acceptors (Lipinski definition) is 3. The fraction of sp³-hybridized carbons (Fsp3) is 0.632. The van der Waals surface area contributed by atoms with Gasteiger partial charge in [-0.3, -0.25) is 0 Å². The Bertz CT molecular complexity index is 777. The molecule has 27 heavy (non-hydrogen) atoms. The average molecular weight is 400 g/mol. The van der Waals surface area contributed by atoms with Crippen LogP contribution in [0.25, 0.3) is 0 Å². The van der Waals surface area contributed by atoms with E-state index in [1.807, 2.05) is 0 Å². The number of nitrogens with one attached hydrogen (secondary N) is 2. The first kappa shape index (κ1) is 20.0. The second-order valence-corrected chi connectivity index (χ2v) is 9.76. The molecule has 1 aliphatic heterocycles. The lowest BCUT2D eigenvalue weighted by Gasteiger charge is -2.25. The Morgan fingerprint density at radius 1 is 1.15 bits per heavy atom. The summed E-state index contributed by atoms with van der Waals surface area (Å²) in [6, 6.07) is 3.64. The van der Waals surface area contributed by atoms with Crippen molar-refractivity contribution < 1.29 is 17.2 Å². The van der Waals surface area contributed by atoms with Crippen molar-refractivity contribution in [1.29, 1.82) is 0 Å². The second-order valence-electron chi connectivity index (χ2n) is 7.53. The van der Waals surface area contributed by atoms with Crippen LogP contribution in [0.4, 0.5) is 8.78 Å². The Kier molecular flexibility index (Phi) is 6.68. The molecule has 1 heterocycles. The van der Waals surface area contributed by atoms with Crippen LogP contribution in [0.2, 0.25) is 0 Å². The van der Waals surface area contributed by atoms with Gasteiger partial charge in [0.05, 0.1) is 18.1 Å². The van der Waals surface area contributed by atoms with E-state index in [2.05, 4.69) is 15.6 Å². The SMILES string of the molecule is O=S1(=O)CCC(CNC(=NCc2cc(F)ccc2F)NC2CCCCC2)C1. The predicted octanol–water partition coefficient (Wildman–Crippen LogP) is 2.77. The van der Waals surface area contributed by atoms with E-state index in [1.54, 1.807) is 0 Å². The summed E-state index contributed by atoms with van der Waals surface area (Å²) in [5.41, 5.74) is 0.197. The third-order valence-electron chi connectivity index (χ3n) is 5.25. The molecule has 5 nitrogen and oxygen atoms in total. The molecule has 1 aliphatic carbocycles. The molecule has 1 unspecified atom stereocenters. The maximum absolute atomic E-state index is 13.9. The average Bonchev–Trinajstić information content (AvgIpc) is 3.00. The summed E-state index contributed by atoms with van der Waals surface area (Å²) in [5, 5.41) is 6.59. The number of halogens is 2. The van der Waals surface area contributed by atoms with E-state index in [4.69, 9.17) is 0 Å². The van der Waals surface area contributed by atoms with Crippen LogP contribution in [0.3, 0.4) is 0 Å². The molecular weight excluding hydrogens is 372 g/mol. The largest absolute Gasteiger partial charge is 0.356 e. The van der Waals surface area contributed by atoms with Crippen molar-refractivity contribution in [2.45, 2.75) is 51.1 Å². The Hall–Kier alpha value is -1.70. The van der Waals surface area contributed by atoms with Gasteiger partial charge >= 0.3 is 0 Å². The molecule has 1 saturated carbocycles. The van der Waals surface area contributed by atoms with E-state index < -0.39 is 21.5 Å². The van der Waals surface area contributed by atoms with Crippen molar-refractivity contribution in [2.24, 2.45) is 10.9 Å². The Morgan fingerprint density at radius 3 is 2.63 bits per heavy atom. The molecule has 1 aromatic rings. The fourth-order valence-corrected chi connectivity index (χ4v) is 5.56. The summed E-state index contributed by atoms with van der Waals surface area (Å²) in [6.07, 6.45) is 6.28. The fourth-order valence-electron chi connectivity index (χ4n) is 3.70. The standard InChI is InChI=1S/C19H27F2N3O2S/c20-16-6-7-18(21)15(10-16)12-23-19(24-17-4-2-1-3-5-17)22-11-14-8-9-27(25,26)13-14/h6-7,10,14,17H,1-5,8-9,11-13H2,(H2,22,23,24). The number of nitrogens with zero attached hydrogens (tertiary/aromatic N) is 1. The molecule has 150 valence electrons. The van der Waals surface area contributed by atoms with Gasteiger partial charge in [0, 0.05) is 18.2 Å². The van der Waals surface area contributed by atoms with Crippen LogP contribution in [0, 0.1) is 17.6 Å². The van der Waals surface area contributed by atoms with Crippen molar-refractivity contribution in [3.8, 4) is 0 Å². The van der Waals surface area contributed by atoms with E-state index in [0.29, 0.717) is 25.0 Å². The van der Waals surface area contributed by atoms with Gasteiger partial charge in [0.15, 0.2) is 15.8 Å². The number of aliphatic imine (C=N–C) groups is 1. The van der Waals surface area contributed by atoms with Gasteiger partial charge in [0.2, 0.25) is 0 Å². The van der Waals surface area contributed by atoms with Crippen molar-refractivity contribution >= 4 is 15.8 Å². The number of guanidine groups is 1. The van der Waals surface area contributed by atoms with Crippen molar-refractivity contribution in [3.05, 3.63) is 35.4 Å². The van der Waals surface area contributed by atoms with Gasteiger partial charge in [0.25, 0.3) is 0 Å². The minimum atomic E-state index is -2.93. The summed E-state index contributed by atoms with van der Waals surface area (Å²) in [4.78, 5) is 4.43. The number of sulfone groups is 1. The van der Waals surface area contributed by atoms with Crippen LogP contribution >= 0.6 is 0 Å². The van der Waals surface area contributed by atoms with Gasteiger partial charge in [-0.1, -0.05) is 19.3 Å². The zero-order valence-corrected chi connectivity index (χ0v) is 16.2. The molecule has 0 radical (unpaired) electrons. The summed E-state index contributed by atoms with van der Waals surface area (Å²) in [6.45, 7) is 0.526. The molecule has 1 atom stereocenters. The lowest BCUT2D eigenvalue weighted by Crippen LogP contribution is -2.45. The molecule has 0 amide bonds. The molecule has 0 aromatic heterocycles. The molecule has 1 aromatic carbocycles. The van der Waals surface area contributed by atoms with E-state index in [0.717, 1.165) is 43.9 Å². The van der Waals surface area contributed by atoms with Crippen LogP contribution in [0.1, 0.15) is 44.1 Å². The summed E-state index contributed by atoms with van der Waals surface area (Å²) in [5.74, 6) is 0.0340. The van der Waals surface area contributed by atoms with E-state index in [9.17, 15) is 17.2 Å². The molecule has 2 N–H and O–H groups in total. The maximum Gasteiger partial charge on any atom is 0.191 e. The van der Waals surface area contributed by atoms with Crippen LogP contribution in [-0.4, -0.2) is 38.5 Å². The van der Waals surface area contributed by atoms with Gasteiger partial charge in [-0.05, 0) is 43.4 Å². The number of benzene rings is 1. The molecule has 8 heteroatoms. The van der Waals surface area contributed by atoms with Crippen molar-refractivity contribution in [1.82, 2.24) is 10.6 Å². The number of rotatable bonds is 5. The topological polar surface area (TPSA) is 70.6 Å². The summed E-state index contributed by atoms with van der Waals surface area (Å²) in [7, 11) is -2.93. The molecule has 0 bridgehead atoms. The molecular formula is C19H27F2N3O2S. The first-order chi connectivity index (χ1) is 12.9. The lowest BCUT2D eigenvalue weighted by molar-refractivity contribution is 0.408. The zero-order valence-electron chi connectivity index (χ0n) is 15.4. The van der Waals surface area contributed by atoms with Gasteiger partial charge < -0.3 is 10.6 Å². The predicted molar refractivity (Wildman–Crippen MR) is 102 cm³/mol. The molecule has 0 spiro atoms. The van der Waals surface area contributed by atoms with Gasteiger partial charge in [-0.2, -0.15) is 0 Å². The monoisotopic (exact) mass is 399 g/mol. The Labute approximate surface area is 159 Å². The van der Waals surface area contributed by atoms with Crippen LogP contribution in [-0.2, 0) is 16.4 Å². The zero-order chi connectivity index (χ0) is 19.3. The van der Waals surface area contributed by atoms with E-state index in [1.165, 1.54) is 6.42 Å². The van der Waals surface area contributed by atoms with Crippen LogP contribution < -0.4 is 10.6 Å². The first-order valence-electron chi connectivity index (χ1n) is 9.60. The highest BCUT2D eigenvalue weighted by Gasteiger charge is 2.28. The first-order valence-corrected chi connectivity index (χ1v) is 11.4. The van der Waals surface area contributed by atoms with Gasteiger partial charge in [-0.15, -0.1) is 0 Å². The molecule has 2 fully saturated rings. The Balaban J connectivity index is 1.65. The third-order valence-corrected chi connectivity index (χ3v) is 7.08. The van der Waals surface area contributed by atoms with E-state index in [-0.39, 0.29) is 29.5 Å². The van der Waals surface area contributed by atoms with E-state index >= 15 is 0 Å². The molecule has 2 aliphatic rings.